The summed E-state index contributed by atoms with van der Waals surface area (Å²) in [7, 11) is 1.97. The van der Waals surface area contributed by atoms with Gasteiger partial charge >= 0.3 is 0 Å². The van der Waals surface area contributed by atoms with Gasteiger partial charge in [0.2, 0.25) is 0 Å². The number of phenols is 1. The van der Waals surface area contributed by atoms with Crippen LogP contribution in [-0.2, 0) is 32.8 Å². The number of halogens is 1. The van der Waals surface area contributed by atoms with Crippen LogP contribution in [0.3, 0.4) is 0 Å². The number of pyridine rings is 1. The minimum atomic E-state index is -0.744. The maximum atomic E-state index is 13.3. The van der Waals surface area contributed by atoms with Crippen molar-refractivity contribution in [3.63, 3.8) is 0 Å². The second kappa shape index (κ2) is 17.1. The Morgan fingerprint density at radius 1 is 0.750 bits per heavy atom. The van der Waals surface area contributed by atoms with Gasteiger partial charge in [0.05, 0.1) is 37.9 Å². The monoisotopic (exact) mass is 874 g/mol. The Balaban J connectivity index is 0.000000179. The number of aromatic hydroxyl groups is 1. The zero-order chi connectivity index (χ0) is 44.6. The van der Waals surface area contributed by atoms with Crippen LogP contribution in [0.2, 0.25) is 5.02 Å². The molecule has 4 N–H and O–H groups in total. The third-order valence-corrected chi connectivity index (χ3v) is 12.0. The van der Waals surface area contributed by atoms with E-state index >= 15 is 0 Å². The number of aryl methyl sites for hydroxylation is 1. The van der Waals surface area contributed by atoms with Gasteiger partial charge in [-0.25, -0.2) is 0 Å². The molecule has 320 valence electrons. The van der Waals surface area contributed by atoms with Crippen molar-refractivity contribution in [2.24, 2.45) is 7.05 Å². The zero-order valence-electron chi connectivity index (χ0n) is 34.2. The lowest BCUT2D eigenvalue weighted by molar-refractivity contribution is -0.385. The summed E-state index contributed by atoms with van der Waals surface area (Å²) < 4.78 is 4.33. The summed E-state index contributed by atoms with van der Waals surface area (Å²) in [5.74, 6) is -2.29. The van der Waals surface area contributed by atoms with E-state index in [9.17, 15) is 34.4 Å². The van der Waals surface area contributed by atoms with E-state index in [1.807, 2.05) is 72.5 Å². The van der Waals surface area contributed by atoms with Crippen LogP contribution in [0.25, 0.3) is 38.5 Å². The number of amides is 4. The van der Waals surface area contributed by atoms with Gasteiger partial charge < -0.3 is 19.6 Å². The number of likely N-dealkylation sites (tertiary alicyclic amines) is 1. The Labute approximate surface area is 370 Å². The maximum Gasteiger partial charge on any atom is 0.277 e. The number of anilines is 1. The molecular formula is C48H39ClN8O7. The molecule has 0 aliphatic carbocycles. The number of piperidine rings is 1. The molecule has 10 rings (SSSR count). The number of hydrogen-bond acceptors (Lipinski definition) is 10. The highest BCUT2D eigenvalue weighted by molar-refractivity contribution is 6.51. The van der Waals surface area contributed by atoms with Crippen molar-refractivity contribution in [3.8, 4) is 5.75 Å². The van der Waals surface area contributed by atoms with Gasteiger partial charge in [0.1, 0.15) is 11.4 Å². The first kappa shape index (κ1) is 41.5. The third kappa shape index (κ3) is 7.78. The number of hydrogen-bond donors (Lipinski definition) is 4. The molecule has 1 fully saturated rings. The van der Waals surface area contributed by atoms with E-state index in [2.05, 4.69) is 54.8 Å². The average molecular weight is 875 g/mol. The van der Waals surface area contributed by atoms with Gasteiger partial charge in [0.25, 0.3) is 29.3 Å². The number of nitro groups is 1. The van der Waals surface area contributed by atoms with E-state index in [-0.39, 0.29) is 45.1 Å². The first-order chi connectivity index (χ1) is 31.0. The molecule has 15 nitrogen and oxygen atoms in total. The van der Waals surface area contributed by atoms with Gasteiger partial charge in [-0.05, 0) is 61.4 Å². The van der Waals surface area contributed by atoms with E-state index in [1.165, 1.54) is 42.5 Å². The van der Waals surface area contributed by atoms with Crippen molar-refractivity contribution in [3.05, 3.63) is 171 Å². The van der Waals surface area contributed by atoms with Crippen LogP contribution in [0, 0.1) is 10.1 Å². The van der Waals surface area contributed by atoms with Crippen molar-refractivity contribution < 1.29 is 29.2 Å². The number of fused-ring (bicyclic) bond motifs is 2. The van der Waals surface area contributed by atoms with Crippen LogP contribution in [0.5, 0.6) is 5.75 Å². The van der Waals surface area contributed by atoms with E-state index in [0.29, 0.717) is 22.9 Å². The Morgan fingerprint density at radius 3 is 2.05 bits per heavy atom. The summed E-state index contributed by atoms with van der Waals surface area (Å²) in [5.41, 5.74) is 5.48. The van der Waals surface area contributed by atoms with E-state index < -0.39 is 16.7 Å². The number of nitrogens with one attached hydrogen (secondary N) is 3. The number of nitro benzene ring substituents is 1. The van der Waals surface area contributed by atoms with Gasteiger partial charge in [-0.15, -0.1) is 0 Å². The lowest BCUT2D eigenvalue weighted by atomic mass is 9.95. The van der Waals surface area contributed by atoms with Crippen LogP contribution in [0.1, 0.15) is 41.3 Å². The number of nitrogens with zero attached hydrogens (tertiary/aromatic N) is 5. The van der Waals surface area contributed by atoms with Gasteiger partial charge in [0, 0.05) is 96.0 Å². The summed E-state index contributed by atoms with van der Waals surface area (Å²) in [6.07, 6.45) is 7.91. The number of carbonyl (C=O) groups excluding carboxylic acids is 4. The molecule has 6 heterocycles. The topological polar surface area (TPSA) is 194 Å². The van der Waals surface area contributed by atoms with Gasteiger partial charge in [-0.3, -0.25) is 49.8 Å². The average Bonchev–Trinajstić information content (AvgIpc) is 4.01. The fourth-order valence-electron chi connectivity index (χ4n) is 8.70. The molecular weight excluding hydrogens is 836 g/mol. The van der Waals surface area contributed by atoms with Gasteiger partial charge in [-0.2, -0.15) is 0 Å². The molecule has 0 radical (unpaired) electrons. The summed E-state index contributed by atoms with van der Waals surface area (Å²) in [6.45, 7) is 2.81. The first-order valence-electron chi connectivity index (χ1n) is 20.4. The summed E-state index contributed by atoms with van der Waals surface area (Å²) in [6, 6.07) is 32.3. The quantitative estimate of drug-likeness (QED) is 0.0493. The van der Waals surface area contributed by atoms with Crippen LogP contribution in [-0.4, -0.2) is 65.8 Å². The molecule has 3 aromatic heterocycles. The summed E-state index contributed by atoms with van der Waals surface area (Å²) in [4.78, 5) is 68.4. The largest absolute Gasteiger partial charge is 0.506 e. The smallest absolute Gasteiger partial charge is 0.277 e. The van der Waals surface area contributed by atoms with Crippen molar-refractivity contribution in [2.75, 3.05) is 18.4 Å². The normalized spacial score (nSPS) is 15.8. The number of phenolic OH excluding ortho intramolecular Hbond substituents is 1. The molecule has 0 bridgehead atoms. The Morgan fingerprint density at radius 2 is 1.36 bits per heavy atom. The number of carbonyl (C=O) groups is 4. The van der Waals surface area contributed by atoms with Gasteiger partial charge in [-0.1, -0.05) is 66.2 Å². The van der Waals surface area contributed by atoms with E-state index in [4.69, 9.17) is 11.6 Å². The molecule has 0 unspecified atom stereocenters. The zero-order valence-corrected chi connectivity index (χ0v) is 35.0. The number of aromatic nitrogens is 3. The Kier molecular flexibility index (Phi) is 11.1. The molecule has 4 amide bonds. The second-order valence-electron chi connectivity index (χ2n) is 15.6. The van der Waals surface area contributed by atoms with Crippen molar-refractivity contribution in [1.29, 1.82) is 0 Å². The van der Waals surface area contributed by atoms with E-state index in [1.54, 1.807) is 0 Å². The number of benzene rings is 4. The van der Waals surface area contributed by atoms with Crippen LogP contribution in [0.15, 0.2) is 133 Å². The Hall–Kier alpha value is -7.88. The highest BCUT2D eigenvalue weighted by atomic mass is 35.5. The second-order valence-corrected chi connectivity index (χ2v) is 16.0. The minimum absolute atomic E-state index is 0.0169. The molecule has 0 atom stereocenters. The predicted octanol–water partition coefficient (Wildman–Crippen LogP) is 7.37. The molecule has 64 heavy (non-hydrogen) atoms. The van der Waals surface area contributed by atoms with Crippen LogP contribution >= 0.6 is 11.6 Å². The van der Waals surface area contributed by atoms with Crippen molar-refractivity contribution in [2.45, 2.75) is 25.4 Å². The predicted molar refractivity (Wildman–Crippen MR) is 243 cm³/mol. The molecule has 7 aromatic rings. The molecule has 4 aromatic carbocycles. The third-order valence-electron chi connectivity index (χ3n) is 11.7. The molecule has 0 saturated carbocycles. The first-order valence-corrected chi connectivity index (χ1v) is 20.8. The molecule has 16 heteroatoms. The van der Waals surface area contributed by atoms with Gasteiger partial charge in [0.15, 0.2) is 0 Å². The van der Waals surface area contributed by atoms with E-state index in [0.717, 1.165) is 71.1 Å². The van der Waals surface area contributed by atoms with Crippen molar-refractivity contribution in [1.82, 2.24) is 29.7 Å². The lowest BCUT2D eigenvalue weighted by Gasteiger charge is -2.33. The fraction of sp³-hybridized carbons (Fsp3) is 0.146. The molecule has 0 spiro atoms. The van der Waals surface area contributed by atoms with Crippen molar-refractivity contribution >= 4 is 85.1 Å². The number of rotatable bonds is 9. The standard InChI is InChI=1S/C32H29N5O2.C16H10ClN3O5/c1-35-19-25(23-9-2-4-11-27(23)35)29-30(32(39)34-31(29)38)26-20-37(28-12-5-3-10-24(26)28)22-13-16-36(17-14-22)18-21-8-6-7-15-33-21;17-10-7-8(5-6-12(10)21)18-14-13(15(22)19-16(14)23)9-3-1-2-4-11(9)20(24)25/h2-12,15,19-20,22H,13-14,16-18H2,1H3,(H,34,38,39);1-7,21H,(H2,18,19,22,23). The maximum absolute atomic E-state index is 13.3. The highest BCUT2D eigenvalue weighted by Gasteiger charge is 2.37. The number of para-hydroxylation sites is 3. The SMILES string of the molecule is Cn1cc(C2=C(c3cn(C4CCN(Cc5ccccn5)CC4)c4ccccc34)C(=O)NC2=O)c2ccccc21.O=C1NC(=O)C(c2ccccc2[N+](=O)[O-])=C1Nc1ccc(O)c(Cl)c1. The lowest BCUT2D eigenvalue weighted by Crippen LogP contribution is -2.34. The number of imide groups is 2. The summed E-state index contributed by atoms with van der Waals surface area (Å²) >= 11 is 5.82. The highest BCUT2D eigenvalue weighted by Crippen LogP contribution is 2.41. The molecule has 3 aliphatic rings. The summed E-state index contributed by atoms with van der Waals surface area (Å²) in [5, 5.41) is 30.1. The fourth-order valence-corrected chi connectivity index (χ4v) is 8.88. The van der Waals surface area contributed by atoms with Crippen LogP contribution in [0.4, 0.5) is 11.4 Å². The molecule has 3 aliphatic heterocycles. The minimum Gasteiger partial charge on any atom is -0.506 e. The molecule has 1 saturated heterocycles. The van der Waals surface area contributed by atoms with Crippen LogP contribution < -0.4 is 16.0 Å². The Bertz CT molecular complexity index is 3130.